The summed E-state index contributed by atoms with van der Waals surface area (Å²) < 4.78 is 25.7. The maximum atomic E-state index is 12.2. The molecule has 6 heteroatoms. The van der Waals surface area contributed by atoms with Gasteiger partial charge in [-0.2, -0.15) is 14.8 Å². The van der Waals surface area contributed by atoms with Gasteiger partial charge in [0.2, 0.25) is 10.0 Å². The summed E-state index contributed by atoms with van der Waals surface area (Å²) in [5.41, 5.74) is 0.696. The first-order valence-electron chi connectivity index (χ1n) is 5.86. The summed E-state index contributed by atoms with van der Waals surface area (Å²) >= 11 is 0. The van der Waals surface area contributed by atoms with E-state index >= 15 is 0 Å². The summed E-state index contributed by atoms with van der Waals surface area (Å²) in [7, 11) is -3.49. The average Bonchev–Trinajstić information content (AvgIpc) is 2.39. The molecule has 1 aromatic rings. The monoisotopic (exact) mass is 277 g/mol. The van der Waals surface area contributed by atoms with Crippen molar-refractivity contribution >= 4 is 10.0 Å². The smallest absolute Gasteiger partial charge is 0.212 e. The van der Waals surface area contributed by atoms with Gasteiger partial charge in [0.1, 0.15) is 0 Å². The summed E-state index contributed by atoms with van der Waals surface area (Å²) in [6, 6.07) is 12.7. The van der Waals surface area contributed by atoms with Gasteiger partial charge in [0.15, 0.2) is 0 Å². The highest BCUT2D eigenvalue weighted by molar-refractivity contribution is 7.88. The first-order valence-corrected chi connectivity index (χ1v) is 7.46. The SMILES string of the molecule is N#CCCN(CCC#N)S(=O)(=O)Cc1ccccc1. The number of nitrogens with zero attached hydrogens (tertiary/aromatic N) is 3. The number of hydrogen-bond acceptors (Lipinski definition) is 4. The van der Waals surface area contributed by atoms with Crippen LogP contribution in [0.3, 0.4) is 0 Å². The highest BCUT2D eigenvalue weighted by Gasteiger charge is 2.21. The van der Waals surface area contributed by atoms with Crippen molar-refractivity contribution in [2.24, 2.45) is 0 Å². The quantitative estimate of drug-likeness (QED) is 0.758. The number of hydrogen-bond donors (Lipinski definition) is 0. The van der Waals surface area contributed by atoms with Gasteiger partial charge in [-0.1, -0.05) is 30.3 Å². The van der Waals surface area contributed by atoms with Crippen molar-refractivity contribution < 1.29 is 8.42 Å². The molecule has 0 unspecified atom stereocenters. The van der Waals surface area contributed by atoms with E-state index in [0.29, 0.717) is 5.56 Å². The van der Waals surface area contributed by atoms with E-state index in [4.69, 9.17) is 10.5 Å². The van der Waals surface area contributed by atoms with E-state index in [2.05, 4.69) is 0 Å². The van der Waals surface area contributed by atoms with Crippen molar-refractivity contribution in [2.45, 2.75) is 18.6 Å². The summed E-state index contributed by atoms with van der Waals surface area (Å²) in [5.74, 6) is -0.106. The predicted molar refractivity (Wildman–Crippen MR) is 71.1 cm³/mol. The van der Waals surface area contributed by atoms with E-state index < -0.39 is 10.0 Å². The Morgan fingerprint density at radius 2 is 1.53 bits per heavy atom. The molecule has 0 spiro atoms. The molecule has 0 atom stereocenters. The van der Waals surface area contributed by atoms with E-state index in [1.54, 1.807) is 24.3 Å². The van der Waals surface area contributed by atoms with Gasteiger partial charge in [-0.15, -0.1) is 0 Å². The van der Waals surface area contributed by atoms with Gasteiger partial charge >= 0.3 is 0 Å². The molecule has 0 saturated heterocycles. The third kappa shape index (κ3) is 5.09. The van der Waals surface area contributed by atoms with Crippen LogP contribution >= 0.6 is 0 Å². The topological polar surface area (TPSA) is 85.0 Å². The van der Waals surface area contributed by atoms with E-state index in [9.17, 15) is 8.42 Å². The molecule has 0 saturated carbocycles. The largest absolute Gasteiger partial charge is 0.218 e. The van der Waals surface area contributed by atoms with Crippen LogP contribution in [0, 0.1) is 22.7 Å². The van der Waals surface area contributed by atoms with Crippen LogP contribution in [0.25, 0.3) is 0 Å². The second kappa shape index (κ2) is 7.52. The predicted octanol–water partition coefficient (Wildman–Crippen LogP) is 1.65. The fourth-order valence-corrected chi connectivity index (χ4v) is 3.15. The van der Waals surface area contributed by atoms with Crippen LogP contribution in [-0.4, -0.2) is 25.8 Å². The van der Waals surface area contributed by atoms with Crippen molar-refractivity contribution in [1.29, 1.82) is 10.5 Å². The Hall–Kier alpha value is -1.89. The highest BCUT2D eigenvalue weighted by Crippen LogP contribution is 2.11. The van der Waals surface area contributed by atoms with E-state index in [-0.39, 0.29) is 31.7 Å². The van der Waals surface area contributed by atoms with Crippen molar-refractivity contribution in [3.8, 4) is 12.1 Å². The third-order valence-electron chi connectivity index (χ3n) is 2.53. The van der Waals surface area contributed by atoms with Crippen molar-refractivity contribution in [3.05, 3.63) is 35.9 Å². The maximum Gasteiger partial charge on any atom is 0.218 e. The lowest BCUT2D eigenvalue weighted by molar-refractivity contribution is 0.424. The van der Waals surface area contributed by atoms with Gasteiger partial charge in [0.25, 0.3) is 0 Å². The molecule has 0 aliphatic carbocycles. The Morgan fingerprint density at radius 3 is 2.00 bits per heavy atom. The normalized spacial score (nSPS) is 10.9. The summed E-state index contributed by atoms with van der Waals surface area (Å²) in [6.07, 6.45) is 0.249. The Balaban J connectivity index is 2.81. The Kier molecular flexibility index (Phi) is 6.01. The van der Waals surface area contributed by atoms with Gasteiger partial charge in [-0.3, -0.25) is 0 Å². The van der Waals surface area contributed by atoms with Crippen LogP contribution in [-0.2, 0) is 15.8 Å². The van der Waals surface area contributed by atoms with E-state index in [0.717, 1.165) is 0 Å². The van der Waals surface area contributed by atoms with Gasteiger partial charge in [0, 0.05) is 25.9 Å². The zero-order valence-corrected chi connectivity index (χ0v) is 11.3. The minimum Gasteiger partial charge on any atom is -0.212 e. The molecule has 0 aliphatic rings. The molecule has 0 fully saturated rings. The summed E-state index contributed by atoms with van der Waals surface area (Å²) in [6.45, 7) is 0.265. The molecule has 0 radical (unpaired) electrons. The van der Waals surface area contributed by atoms with Gasteiger partial charge in [-0.25, -0.2) is 8.42 Å². The first kappa shape index (κ1) is 15.2. The molecule has 0 bridgehead atoms. The second-order valence-corrected chi connectivity index (χ2v) is 5.93. The lowest BCUT2D eigenvalue weighted by Gasteiger charge is -2.19. The molecule has 1 aromatic carbocycles. The number of sulfonamides is 1. The fraction of sp³-hybridized carbons (Fsp3) is 0.385. The molecular formula is C13H15N3O2S. The number of benzene rings is 1. The molecule has 0 heterocycles. The van der Waals surface area contributed by atoms with Gasteiger partial charge in [-0.05, 0) is 5.56 Å². The first-order chi connectivity index (χ1) is 9.10. The molecule has 100 valence electrons. The standard InChI is InChI=1S/C13H15N3O2S/c14-8-4-10-16(11-5-9-15)19(17,18)12-13-6-2-1-3-7-13/h1-3,6-7H,4-5,10-12H2. The lowest BCUT2D eigenvalue weighted by atomic mass is 10.2. The Morgan fingerprint density at radius 1 is 1.00 bits per heavy atom. The lowest BCUT2D eigenvalue weighted by Crippen LogP contribution is -2.33. The van der Waals surface area contributed by atoms with Crippen LogP contribution in [0.2, 0.25) is 0 Å². The molecule has 1 rings (SSSR count). The van der Waals surface area contributed by atoms with Crippen molar-refractivity contribution in [3.63, 3.8) is 0 Å². The van der Waals surface area contributed by atoms with E-state index in [1.165, 1.54) is 4.31 Å². The fourth-order valence-electron chi connectivity index (χ4n) is 1.62. The van der Waals surface area contributed by atoms with E-state index in [1.807, 2.05) is 18.2 Å². The maximum absolute atomic E-state index is 12.2. The van der Waals surface area contributed by atoms with Crippen LogP contribution in [0.5, 0.6) is 0 Å². The van der Waals surface area contributed by atoms with Crippen LogP contribution < -0.4 is 0 Å². The molecule has 19 heavy (non-hydrogen) atoms. The molecule has 5 nitrogen and oxygen atoms in total. The summed E-state index contributed by atoms with van der Waals surface area (Å²) in [4.78, 5) is 0. The number of nitriles is 2. The Bertz CT molecular complexity index is 552. The molecule has 0 N–H and O–H groups in total. The number of rotatable bonds is 7. The van der Waals surface area contributed by atoms with Gasteiger partial charge in [0.05, 0.1) is 17.9 Å². The molecular weight excluding hydrogens is 262 g/mol. The zero-order valence-electron chi connectivity index (χ0n) is 10.5. The van der Waals surface area contributed by atoms with Crippen molar-refractivity contribution in [1.82, 2.24) is 4.31 Å². The van der Waals surface area contributed by atoms with Crippen LogP contribution in [0.4, 0.5) is 0 Å². The minimum atomic E-state index is -3.49. The molecule has 0 aromatic heterocycles. The van der Waals surface area contributed by atoms with Crippen LogP contribution in [0.15, 0.2) is 30.3 Å². The van der Waals surface area contributed by atoms with Gasteiger partial charge < -0.3 is 0 Å². The zero-order chi connectivity index (χ0) is 14.1. The minimum absolute atomic E-state index is 0.106. The molecule has 0 aliphatic heterocycles. The Labute approximate surface area is 113 Å². The average molecular weight is 277 g/mol. The highest BCUT2D eigenvalue weighted by atomic mass is 32.2. The summed E-state index contributed by atoms with van der Waals surface area (Å²) in [5, 5.41) is 17.1. The molecule has 0 amide bonds. The second-order valence-electron chi connectivity index (χ2n) is 3.96. The van der Waals surface area contributed by atoms with Crippen molar-refractivity contribution in [2.75, 3.05) is 13.1 Å². The third-order valence-corrected chi connectivity index (χ3v) is 4.38. The van der Waals surface area contributed by atoms with Crippen LogP contribution in [0.1, 0.15) is 18.4 Å².